The highest BCUT2D eigenvalue weighted by Crippen LogP contribution is 2.21. The van der Waals surface area contributed by atoms with Crippen molar-refractivity contribution in [3.63, 3.8) is 0 Å². The molecule has 1 heterocycles. The number of carbonyl (C=O) groups excluding carboxylic acids is 3. The van der Waals surface area contributed by atoms with E-state index in [1.54, 1.807) is 48.9 Å². The third kappa shape index (κ3) is 5.72. The number of hydrogen-bond acceptors (Lipinski definition) is 7. The van der Waals surface area contributed by atoms with Crippen LogP contribution >= 0.6 is 11.3 Å². The van der Waals surface area contributed by atoms with Crippen LogP contribution in [0.25, 0.3) is 0 Å². The number of amides is 3. The van der Waals surface area contributed by atoms with E-state index in [4.69, 9.17) is 10.5 Å². The number of carbonyl (C=O) groups is 3. The van der Waals surface area contributed by atoms with Crippen LogP contribution in [0.5, 0.6) is 5.75 Å². The summed E-state index contributed by atoms with van der Waals surface area (Å²) in [5.74, 6) is -1.09. The van der Waals surface area contributed by atoms with Crippen molar-refractivity contribution < 1.29 is 29.3 Å². The molecule has 170 valence electrons. The zero-order valence-corrected chi connectivity index (χ0v) is 18.2. The number of methoxy groups -OCH3 is 1. The fraction of sp³-hybridized carbons (Fsp3) is 0.318. The molecule has 6 N–H and O–H groups in total. The SMILES string of the molecule is COc1ccc(CC(NC(=O)C2=CC(NC(=O)c3cccs3)C(O)C(O)C2)C(N)=O)cc1. The quantitative estimate of drug-likeness (QED) is 0.378. The molecule has 1 aliphatic rings. The predicted octanol–water partition coefficient (Wildman–Crippen LogP) is 0.120. The van der Waals surface area contributed by atoms with Gasteiger partial charge in [0.2, 0.25) is 11.8 Å². The minimum Gasteiger partial charge on any atom is -0.497 e. The molecule has 1 aromatic heterocycles. The molecule has 0 saturated carbocycles. The number of primary amides is 1. The van der Waals surface area contributed by atoms with E-state index in [0.29, 0.717) is 10.6 Å². The lowest BCUT2D eigenvalue weighted by Crippen LogP contribution is -2.52. The highest BCUT2D eigenvalue weighted by Gasteiger charge is 2.34. The Labute approximate surface area is 188 Å². The van der Waals surface area contributed by atoms with Crippen LogP contribution in [-0.2, 0) is 16.0 Å². The van der Waals surface area contributed by atoms with Crippen molar-refractivity contribution in [3.8, 4) is 5.75 Å². The maximum Gasteiger partial charge on any atom is 0.261 e. The summed E-state index contributed by atoms with van der Waals surface area (Å²) in [5, 5.41) is 27.4. The van der Waals surface area contributed by atoms with Crippen LogP contribution in [0.3, 0.4) is 0 Å². The van der Waals surface area contributed by atoms with Crippen molar-refractivity contribution in [3.05, 3.63) is 63.9 Å². The lowest BCUT2D eigenvalue weighted by molar-refractivity contribution is -0.125. The first-order valence-electron chi connectivity index (χ1n) is 9.92. The van der Waals surface area contributed by atoms with Gasteiger partial charge in [0.1, 0.15) is 17.9 Å². The van der Waals surface area contributed by atoms with Gasteiger partial charge in [0.05, 0.1) is 24.1 Å². The lowest BCUT2D eigenvalue weighted by Gasteiger charge is -2.31. The number of nitrogens with one attached hydrogen (secondary N) is 2. The van der Waals surface area contributed by atoms with Gasteiger partial charge >= 0.3 is 0 Å². The van der Waals surface area contributed by atoms with E-state index in [0.717, 1.165) is 5.56 Å². The number of aliphatic hydroxyl groups excluding tert-OH is 2. The van der Waals surface area contributed by atoms with E-state index in [-0.39, 0.29) is 18.4 Å². The van der Waals surface area contributed by atoms with E-state index in [1.807, 2.05) is 0 Å². The Hall–Kier alpha value is -3.21. The van der Waals surface area contributed by atoms with E-state index < -0.39 is 42.0 Å². The first-order chi connectivity index (χ1) is 15.3. The summed E-state index contributed by atoms with van der Waals surface area (Å²) in [6.07, 6.45) is -1.11. The van der Waals surface area contributed by atoms with Crippen LogP contribution in [-0.4, -0.2) is 59.3 Å². The number of hydrogen-bond donors (Lipinski definition) is 5. The van der Waals surface area contributed by atoms with Crippen LogP contribution in [0.2, 0.25) is 0 Å². The Bertz CT molecular complexity index is 990. The minimum atomic E-state index is -1.28. The number of rotatable bonds is 8. The number of nitrogens with two attached hydrogens (primary N) is 1. The Morgan fingerprint density at radius 3 is 2.50 bits per heavy atom. The average Bonchev–Trinajstić information content (AvgIpc) is 3.31. The molecule has 1 aliphatic carbocycles. The largest absolute Gasteiger partial charge is 0.497 e. The Kier molecular flexibility index (Phi) is 7.62. The second-order valence-corrected chi connectivity index (χ2v) is 8.36. The molecular weight excluding hydrogens is 434 g/mol. The van der Waals surface area contributed by atoms with Gasteiger partial charge in [0, 0.05) is 18.4 Å². The normalized spacial score (nSPS) is 21.2. The van der Waals surface area contributed by atoms with Gasteiger partial charge in [-0.25, -0.2) is 0 Å². The maximum absolute atomic E-state index is 12.8. The monoisotopic (exact) mass is 459 g/mol. The van der Waals surface area contributed by atoms with Gasteiger partial charge in [-0.2, -0.15) is 0 Å². The molecule has 9 nitrogen and oxygen atoms in total. The van der Waals surface area contributed by atoms with Crippen molar-refractivity contribution >= 4 is 29.1 Å². The van der Waals surface area contributed by atoms with Crippen LogP contribution in [0.1, 0.15) is 21.7 Å². The van der Waals surface area contributed by atoms with Gasteiger partial charge in [-0.1, -0.05) is 24.3 Å². The third-order valence-corrected chi connectivity index (χ3v) is 6.02. The van der Waals surface area contributed by atoms with Crippen molar-refractivity contribution in [2.24, 2.45) is 5.73 Å². The highest BCUT2D eigenvalue weighted by molar-refractivity contribution is 7.12. The summed E-state index contributed by atoms with van der Waals surface area (Å²) in [6.45, 7) is 0. The van der Waals surface area contributed by atoms with Crippen molar-refractivity contribution in [1.29, 1.82) is 0 Å². The van der Waals surface area contributed by atoms with Crippen LogP contribution in [0.4, 0.5) is 0 Å². The minimum absolute atomic E-state index is 0.133. The zero-order valence-electron chi connectivity index (χ0n) is 17.4. The molecule has 0 saturated heterocycles. The Balaban J connectivity index is 1.71. The summed E-state index contributed by atoms with van der Waals surface area (Å²) in [6, 6.07) is 8.37. The summed E-state index contributed by atoms with van der Waals surface area (Å²) < 4.78 is 5.10. The van der Waals surface area contributed by atoms with Gasteiger partial charge in [-0.3, -0.25) is 14.4 Å². The Morgan fingerprint density at radius 2 is 1.91 bits per heavy atom. The molecule has 32 heavy (non-hydrogen) atoms. The van der Waals surface area contributed by atoms with Crippen molar-refractivity contribution in [2.75, 3.05) is 7.11 Å². The van der Waals surface area contributed by atoms with Gasteiger partial charge < -0.3 is 31.3 Å². The summed E-state index contributed by atoms with van der Waals surface area (Å²) in [7, 11) is 1.54. The summed E-state index contributed by atoms with van der Waals surface area (Å²) in [4.78, 5) is 37.5. The first kappa shape index (κ1) is 23.5. The molecule has 0 spiro atoms. The first-order valence-corrected chi connectivity index (χ1v) is 10.8. The van der Waals surface area contributed by atoms with Crippen molar-refractivity contribution in [2.45, 2.75) is 37.1 Å². The Morgan fingerprint density at radius 1 is 1.19 bits per heavy atom. The fourth-order valence-electron chi connectivity index (χ4n) is 3.37. The second kappa shape index (κ2) is 10.4. The molecule has 2 aromatic rings. The van der Waals surface area contributed by atoms with Crippen LogP contribution in [0, 0.1) is 0 Å². The molecule has 0 fully saturated rings. The standard InChI is InChI=1S/C22H25N3O6S/c1-31-14-6-4-12(5-7-14)9-16(20(23)28)25-21(29)13-10-15(19(27)17(26)11-13)24-22(30)18-3-2-8-32-18/h2-8,10,15-17,19,26-27H,9,11H2,1H3,(H2,23,28)(H,24,30)(H,25,29). The molecule has 10 heteroatoms. The molecule has 3 amide bonds. The predicted molar refractivity (Wildman–Crippen MR) is 118 cm³/mol. The van der Waals surface area contributed by atoms with E-state index in [9.17, 15) is 24.6 Å². The van der Waals surface area contributed by atoms with Crippen LogP contribution < -0.4 is 21.1 Å². The molecular formula is C22H25N3O6S. The van der Waals surface area contributed by atoms with E-state index in [1.165, 1.54) is 17.4 Å². The molecule has 0 aliphatic heterocycles. The second-order valence-electron chi connectivity index (χ2n) is 7.41. The zero-order chi connectivity index (χ0) is 23.3. The highest BCUT2D eigenvalue weighted by atomic mass is 32.1. The van der Waals surface area contributed by atoms with Gasteiger partial charge in [0.15, 0.2) is 0 Å². The molecule has 1 aromatic carbocycles. The van der Waals surface area contributed by atoms with E-state index in [2.05, 4.69) is 10.6 Å². The molecule has 4 unspecified atom stereocenters. The summed E-state index contributed by atoms with van der Waals surface area (Å²) in [5.41, 5.74) is 6.38. The molecule has 0 radical (unpaired) electrons. The van der Waals surface area contributed by atoms with Gasteiger partial charge in [0.25, 0.3) is 5.91 Å². The lowest BCUT2D eigenvalue weighted by atomic mass is 9.89. The van der Waals surface area contributed by atoms with Gasteiger partial charge in [-0.15, -0.1) is 11.3 Å². The fourth-order valence-corrected chi connectivity index (χ4v) is 3.99. The number of benzene rings is 1. The topological polar surface area (TPSA) is 151 Å². The molecule has 0 bridgehead atoms. The van der Waals surface area contributed by atoms with Crippen LogP contribution in [0.15, 0.2) is 53.4 Å². The maximum atomic E-state index is 12.8. The third-order valence-electron chi connectivity index (χ3n) is 5.15. The molecule has 3 rings (SSSR count). The number of ether oxygens (including phenoxy) is 1. The van der Waals surface area contributed by atoms with Gasteiger partial charge in [-0.05, 0) is 29.1 Å². The average molecular weight is 460 g/mol. The summed E-state index contributed by atoms with van der Waals surface area (Å²) >= 11 is 1.23. The number of aliphatic hydroxyl groups is 2. The number of thiophene rings is 1. The van der Waals surface area contributed by atoms with Crippen molar-refractivity contribution in [1.82, 2.24) is 10.6 Å². The molecule has 4 atom stereocenters. The smallest absolute Gasteiger partial charge is 0.261 e. The van der Waals surface area contributed by atoms with E-state index >= 15 is 0 Å².